The van der Waals surface area contributed by atoms with Crippen LogP contribution in [0.15, 0.2) is 24.3 Å². The first kappa shape index (κ1) is 13.4. The Morgan fingerprint density at radius 3 is 2.31 bits per heavy atom. The summed E-state index contributed by atoms with van der Waals surface area (Å²) in [5.74, 6) is 0.929. The first-order valence-electron chi connectivity index (χ1n) is 5.60. The molecule has 0 fully saturated rings. The summed E-state index contributed by atoms with van der Waals surface area (Å²) in [6, 6.07) is 8.23. The number of hydrogen-bond donors (Lipinski definition) is 1. The summed E-state index contributed by atoms with van der Waals surface area (Å²) >= 11 is 1.89. The number of benzene rings is 1. The summed E-state index contributed by atoms with van der Waals surface area (Å²) in [6.07, 6.45) is 0. The van der Waals surface area contributed by atoms with Crippen LogP contribution in [0.1, 0.15) is 31.6 Å². The van der Waals surface area contributed by atoms with Crippen LogP contribution < -0.4 is 10.5 Å². The molecule has 0 aliphatic heterocycles. The Morgan fingerprint density at radius 2 is 1.81 bits per heavy atom. The maximum absolute atomic E-state index is 6.06. The summed E-state index contributed by atoms with van der Waals surface area (Å²) in [4.78, 5) is 0. The second-order valence-electron chi connectivity index (χ2n) is 4.21. The fraction of sp³-hybridized carbons (Fsp3) is 0.538. The molecule has 2 unspecified atom stereocenters. The minimum atomic E-state index is 0.115. The summed E-state index contributed by atoms with van der Waals surface area (Å²) < 4.78 is 5.39. The molecule has 0 saturated carbocycles. The zero-order valence-corrected chi connectivity index (χ0v) is 11.3. The van der Waals surface area contributed by atoms with Crippen molar-refractivity contribution in [3.05, 3.63) is 29.8 Å². The van der Waals surface area contributed by atoms with Crippen LogP contribution in [0.2, 0.25) is 0 Å². The second kappa shape index (κ2) is 6.16. The van der Waals surface area contributed by atoms with E-state index in [1.807, 2.05) is 36.9 Å². The van der Waals surface area contributed by atoms with Crippen molar-refractivity contribution in [2.45, 2.75) is 37.3 Å². The fourth-order valence-electron chi connectivity index (χ4n) is 1.68. The Balaban J connectivity index is 3.00. The van der Waals surface area contributed by atoms with Crippen LogP contribution >= 0.6 is 11.8 Å². The van der Waals surface area contributed by atoms with Crippen LogP contribution in [0.3, 0.4) is 0 Å². The van der Waals surface area contributed by atoms with Gasteiger partial charge >= 0.3 is 0 Å². The maximum Gasteiger partial charge on any atom is 0.123 e. The average molecular weight is 239 g/mol. The molecule has 1 aromatic rings. The third-order valence-corrected chi connectivity index (χ3v) is 3.86. The highest BCUT2D eigenvalue weighted by atomic mass is 32.2. The van der Waals surface area contributed by atoms with E-state index in [0.717, 1.165) is 5.75 Å². The van der Waals surface area contributed by atoms with Gasteiger partial charge in [0.15, 0.2) is 0 Å². The van der Waals surface area contributed by atoms with Gasteiger partial charge in [-0.15, -0.1) is 11.8 Å². The fourth-order valence-corrected chi connectivity index (χ4v) is 2.85. The van der Waals surface area contributed by atoms with Crippen molar-refractivity contribution < 1.29 is 4.74 Å². The molecule has 0 amide bonds. The van der Waals surface area contributed by atoms with Crippen molar-refractivity contribution in [2.75, 3.05) is 7.11 Å². The molecular weight excluding hydrogens is 218 g/mol. The quantitative estimate of drug-likeness (QED) is 0.857. The minimum absolute atomic E-state index is 0.115. The molecule has 90 valence electrons. The van der Waals surface area contributed by atoms with Gasteiger partial charge in [-0.1, -0.05) is 32.0 Å². The standard InChI is InChI=1S/C13H21NOS/c1-9(2)16-13(10(3)14)11-7-5-6-8-12(11)15-4/h5-10,13H,14H2,1-4H3. The normalized spacial score (nSPS) is 14.9. The number of thioether (sulfide) groups is 1. The summed E-state index contributed by atoms with van der Waals surface area (Å²) in [5, 5.41) is 0.845. The Morgan fingerprint density at radius 1 is 1.19 bits per heavy atom. The van der Waals surface area contributed by atoms with Gasteiger partial charge in [0.2, 0.25) is 0 Å². The number of methoxy groups -OCH3 is 1. The molecule has 0 aromatic heterocycles. The highest BCUT2D eigenvalue weighted by Crippen LogP contribution is 2.38. The number of nitrogens with two attached hydrogens (primary N) is 1. The number of para-hydroxylation sites is 1. The lowest BCUT2D eigenvalue weighted by molar-refractivity contribution is 0.408. The SMILES string of the molecule is COc1ccccc1C(SC(C)C)C(C)N. The van der Waals surface area contributed by atoms with Gasteiger partial charge in [-0.05, 0) is 18.2 Å². The summed E-state index contributed by atoms with van der Waals surface area (Å²) in [7, 11) is 1.71. The molecule has 1 rings (SSSR count). The van der Waals surface area contributed by atoms with Gasteiger partial charge in [-0.25, -0.2) is 0 Å². The van der Waals surface area contributed by atoms with E-state index < -0.39 is 0 Å². The van der Waals surface area contributed by atoms with E-state index >= 15 is 0 Å². The smallest absolute Gasteiger partial charge is 0.123 e. The lowest BCUT2D eigenvalue weighted by Gasteiger charge is -2.24. The minimum Gasteiger partial charge on any atom is -0.496 e. The molecule has 2 nitrogen and oxygen atoms in total. The van der Waals surface area contributed by atoms with Crippen LogP contribution in [0.5, 0.6) is 5.75 Å². The zero-order chi connectivity index (χ0) is 12.1. The van der Waals surface area contributed by atoms with Gasteiger partial charge in [0.05, 0.1) is 7.11 Å². The molecule has 2 N–H and O–H groups in total. The van der Waals surface area contributed by atoms with Crippen LogP contribution in [0, 0.1) is 0 Å². The Kier molecular flexibility index (Phi) is 5.16. The Hall–Kier alpha value is -0.670. The lowest BCUT2D eigenvalue weighted by Crippen LogP contribution is -2.24. The van der Waals surface area contributed by atoms with Gasteiger partial charge < -0.3 is 10.5 Å². The van der Waals surface area contributed by atoms with Crippen LogP contribution in [-0.2, 0) is 0 Å². The van der Waals surface area contributed by atoms with Crippen molar-refractivity contribution in [3.63, 3.8) is 0 Å². The van der Waals surface area contributed by atoms with Gasteiger partial charge in [-0.3, -0.25) is 0 Å². The number of ether oxygens (including phenoxy) is 1. The van der Waals surface area contributed by atoms with E-state index in [2.05, 4.69) is 19.9 Å². The van der Waals surface area contributed by atoms with Crippen LogP contribution in [-0.4, -0.2) is 18.4 Å². The van der Waals surface area contributed by atoms with Gasteiger partial charge in [0, 0.05) is 16.9 Å². The van der Waals surface area contributed by atoms with E-state index in [0.29, 0.717) is 5.25 Å². The van der Waals surface area contributed by atoms with E-state index in [4.69, 9.17) is 10.5 Å². The van der Waals surface area contributed by atoms with Gasteiger partial charge in [-0.2, -0.15) is 0 Å². The maximum atomic E-state index is 6.06. The molecule has 0 aliphatic carbocycles. The molecule has 0 saturated heterocycles. The third kappa shape index (κ3) is 3.42. The first-order chi connectivity index (χ1) is 7.56. The molecule has 0 spiro atoms. The average Bonchev–Trinajstić information content (AvgIpc) is 2.25. The Labute approximate surface area is 103 Å². The van der Waals surface area contributed by atoms with E-state index in [1.54, 1.807) is 7.11 Å². The molecular formula is C13H21NOS. The third-order valence-electron chi connectivity index (χ3n) is 2.34. The van der Waals surface area contributed by atoms with Crippen molar-refractivity contribution in [2.24, 2.45) is 5.73 Å². The predicted molar refractivity (Wildman–Crippen MR) is 72.1 cm³/mol. The molecule has 0 radical (unpaired) electrons. The largest absolute Gasteiger partial charge is 0.496 e. The second-order valence-corrected chi connectivity index (χ2v) is 5.93. The molecule has 2 atom stereocenters. The van der Waals surface area contributed by atoms with Crippen molar-refractivity contribution in [1.82, 2.24) is 0 Å². The van der Waals surface area contributed by atoms with E-state index in [-0.39, 0.29) is 11.3 Å². The lowest BCUT2D eigenvalue weighted by atomic mass is 10.1. The zero-order valence-electron chi connectivity index (χ0n) is 10.4. The van der Waals surface area contributed by atoms with Gasteiger partial charge in [0.1, 0.15) is 5.75 Å². The number of hydrogen-bond acceptors (Lipinski definition) is 3. The van der Waals surface area contributed by atoms with Crippen molar-refractivity contribution in [3.8, 4) is 5.75 Å². The highest BCUT2D eigenvalue weighted by molar-refractivity contribution is 8.00. The molecule has 0 bridgehead atoms. The monoisotopic (exact) mass is 239 g/mol. The molecule has 3 heteroatoms. The van der Waals surface area contributed by atoms with E-state index in [1.165, 1.54) is 5.56 Å². The van der Waals surface area contributed by atoms with E-state index in [9.17, 15) is 0 Å². The highest BCUT2D eigenvalue weighted by Gasteiger charge is 2.21. The molecule has 0 aliphatic rings. The molecule has 1 aromatic carbocycles. The van der Waals surface area contributed by atoms with Crippen LogP contribution in [0.25, 0.3) is 0 Å². The predicted octanol–water partition coefficient (Wildman–Crippen LogP) is 3.23. The summed E-state index contributed by atoms with van der Waals surface area (Å²) in [5.41, 5.74) is 7.26. The summed E-state index contributed by atoms with van der Waals surface area (Å²) in [6.45, 7) is 6.43. The van der Waals surface area contributed by atoms with Gasteiger partial charge in [0.25, 0.3) is 0 Å². The van der Waals surface area contributed by atoms with Crippen molar-refractivity contribution >= 4 is 11.8 Å². The van der Waals surface area contributed by atoms with Crippen molar-refractivity contribution in [1.29, 1.82) is 0 Å². The van der Waals surface area contributed by atoms with Crippen LogP contribution in [0.4, 0.5) is 0 Å². The first-order valence-corrected chi connectivity index (χ1v) is 6.54. The Bertz CT molecular complexity index is 325. The topological polar surface area (TPSA) is 35.2 Å². The molecule has 0 heterocycles. The number of rotatable bonds is 5. The molecule has 16 heavy (non-hydrogen) atoms.